The second kappa shape index (κ2) is 7.63. The van der Waals surface area contributed by atoms with E-state index in [4.69, 9.17) is 4.84 Å². The van der Waals surface area contributed by atoms with Gasteiger partial charge in [0.25, 0.3) is 0 Å². The van der Waals surface area contributed by atoms with E-state index in [0.29, 0.717) is 19.4 Å². The number of hydrogen-bond acceptors (Lipinski definition) is 4. The van der Waals surface area contributed by atoms with Crippen molar-refractivity contribution in [1.82, 2.24) is 10.6 Å². The Hall–Kier alpha value is -2.31. The van der Waals surface area contributed by atoms with Crippen molar-refractivity contribution in [3.8, 4) is 0 Å². The van der Waals surface area contributed by atoms with Crippen LogP contribution in [0.4, 0.5) is 0 Å². The van der Waals surface area contributed by atoms with Gasteiger partial charge >= 0.3 is 0 Å². The van der Waals surface area contributed by atoms with Crippen LogP contribution < -0.4 is 10.6 Å². The summed E-state index contributed by atoms with van der Waals surface area (Å²) in [7, 11) is 1.89. The van der Waals surface area contributed by atoms with Gasteiger partial charge in [-0.05, 0) is 5.56 Å². The average Bonchev–Trinajstić information content (AvgIpc) is 2.90. The van der Waals surface area contributed by atoms with E-state index in [1.54, 1.807) is 0 Å². The summed E-state index contributed by atoms with van der Waals surface area (Å²) in [6.45, 7) is 1.78. The maximum atomic E-state index is 12.3. The highest BCUT2D eigenvalue weighted by Crippen LogP contribution is 2.08. The van der Waals surface area contributed by atoms with Gasteiger partial charge in [-0.1, -0.05) is 30.3 Å². The molecule has 0 aromatic heterocycles. The van der Waals surface area contributed by atoms with Gasteiger partial charge in [-0.15, -0.1) is 5.16 Å². The van der Waals surface area contributed by atoms with Gasteiger partial charge in [0.05, 0.1) is 6.54 Å². The molecule has 1 heterocycles. The molecule has 1 aromatic carbocycles. The zero-order valence-corrected chi connectivity index (χ0v) is 12.8. The minimum absolute atomic E-state index is 0.126. The Morgan fingerprint density at radius 1 is 1.41 bits per heavy atom. The van der Waals surface area contributed by atoms with Crippen molar-refractivity contribution in [2.45, 2.75) is 31.9 Å². The molecule has 1 aliphatic heterocycles. The zero-order valence-electron chi connectivity index (χ0n) is 12.8. The summed E-state index contributed by atoms with van der Waals surface area (Å²) in [6, 6.07) is 8.99. The van der Waals surface area contributed by atoms with Crippen molar-refractivity contribution < 1.29 is 14.4 Å². The Morgan fingerprint density at radius 3 is 2.73 bits per heavy atom. The molecule has 0 aliphatic carbocycles. The first kappa shape index (κ1) is 16.1. The number of nitrogens with zero attached hydrogens (tertiary/aromatic N) is 1. The van der Waals surface area contributed by atoms with Gasteiger partial charge in [0.15, 0.2) is 7.85 Å². The van der Waals surface area contributed by atoms with Crippen molar-refractivity contribution in [1.29, 1.82) is 0 Å². The van der Waals surface area contributed by atoms with Crippen molar-refractivity contribution in [3.05, 3.63) is 35.9 Å². The van der Waals surface area contributed by atoms with Crippen LogP contribution in [0.5, 0.6) is 0 Å². The quantitative estimate of drug-likeness (QED) is 0.701. The largest absolute Gasteiger partial charge is 0.391 e. The standard InChI is InChI=1S/C15H20BN3O3/c1-10(20)18-13(7-11-5-3-2-4-6-11)15(21)17-9-12-8-14(16)19-22-12/h2-6,12-13H,7-9,16H2,1H3,(H,17,21)(H,18,20)/t12?,13-/m0/s1. The molecule has 1 unspecified atom stereocenters. The zero-order chi connectivity index (χ0) is 15.9. The van der Waals surface area contributed by atoms with E-state index in [0.717, 1.165) is 11.2 Å². The molecule has 1 aromatic rings. The third-order valence-corrected chi connectivity index (χ3v) is 3.36. The van der Waals surface area contributed by atoms with E-state index >= 15 is 0 Å². The highest BCUT2D eigenvalue weighted by atomic mass is 16.6. The van der Waals surface area contributed by atoms with Gasteiger partial charge in [0.1, 0.15) is 12.1 Å². The topological polar surface area (TPSA) is 79.8 Å². The number of hydrogen-bond donors (Lipinski definition) is 2. The molecule has 7 heteroatoms. The number of rotatable bonds is 6. The summed E-state index contributed by atoms with van der Waals surface area (Å²) in [4.78, 5) is 28.8. The molecule has 2 amide bonds. The molecular formula is C15H20BN3O3. The fourth-order valence-corrected chi connectivity index (χ4v) is 2.32. The summed E-state index contributed by atoms with van der Waals surface area (Å²) in [5.41, 5.74) is 1.91. The maximum absolute atomic E-state index is 12.3. The summed E-state index contributed by atoms with van der Waals surface area (Å²) in [5.74, 6) is -0.445. The fourth-order valence-electron chi connectivity index (χ4n) is 2.32. The predicted octanol–water partition coefficient (Wildman–Crippen LogP) is -0.415. The summed E-state index contributed by atoms with van der Waals surface area (Å²) in [6.07, 6.45) is 1.04. The van der Waals surface area contributed by atoms with Gasteiger partial charge < -0.3 is 15.5 Å². The molecule has 116 valence electrons. The second-order valence-corrected chi connectivity index (χ2v) is 5.45. The Labute approximate surface area is 130 Å². The third-order valence-electron chi connectivity index (χ3n) is 3.36. The molecule has 6 nitrogen and oxygen atoms in total. The van der Waals surface area contributed by atoms with Crippen LogP contribution in [0, 0.1) is 0 Å². The highest BCUT2D eigenvalue weighted by molar-refractivity contribution is 6.59. The lowest BCUT2D eigenvalue weighted by molar-refractivity contribution is -0.128. The normalized spacial score (nSPS) is 18.0. The van der Waals surface area contributed by atoms with E-state index < -0.39 is 6.04 Å². The second-order valence-electron chi connectivity index (χ2n) is 5.45. The van der Waals surface area contributed by atoms with Crippen LogP contribution in [0.2, 0.25) is 0 Å². The van der Waals surface area contributed by atoms with Crippen molar-refractivity contribution in [3.63, 3.8) is 0 Å². The van der Waals surface area contributed by atoms with E-state index in [1.165, 1.54) is 6.92 Å². The highest BCUT2D eigenvalue weighted by Gasteiger charge is 2.23. The lowest BCUT2D eigenvalue weighted by Crippen LogP contribution is -2.48. The molecule has 0 spiro atoms. The van der Waals surface area contributed by atoms with Crippen LogP contribution >= 0.6 is 0 Å². The molecule has 2 rings (SSSR count). The Bertz CT molecular complexity index is 562. The van der Waals surface area contributed by atoms with Crippen LogP contribution in [0.15, 0.2) is 35.5 Å². The number of nitrogens with one attached hydrogen (secondary N) is 2. The molecule has 2 atom stereocenters. The first-order valence-corrected chi connectivity index (χ1v) is 7.32. The van der Waals surface area contributed by atoms with Crippen LogP contribution in [0.25, 0.3) is 0 Å². The fraction of sp³-hybridized carbons (Fsp3) is 0.400. The van der Waals surface area contributed by atoms with E-state index in [-0.39, 0.29) is 17.9 Å². The lowest BCUT2D eigenvalue weighted by Gasteiger charge is -2.19. The first-order valence-electron chi connectivity index (χ1n) is 7.32. The number of carbonyl (C=O) groups is 2. The molecule has 1 aliphatic rings. The lowest BCUT2D eigenvalue weighted by atomic mass is 9.96. The van der Waals surface area contributed by atoms with Crippen molar-refractivity contribution >= 4 is 25.3 Å². The predicted molar refractivity (Wildman–Crippen MR) is 86.2 cm³/mol. The van der Waals surface area contributed by atoms with Crippen LogP contribution in [-0.4, -0.2) is 44.0 Å². The van der Waals surface area contributed by atoms with Gasteiger partial charge in [-0.3, -0.25) is 9.59 Å². The Morgan fingerprint density at radius 2 is 2.14 bits per heavy atom. The monoisotopic (exact) mass is 301 g/mol. The molecular weight excluding hydrogens is 281 g/mol. The van der Waals surface area contributed by atoms with Gasteiger partial charge in [-0.2, -0.15) is 0 Å². The van der Waals surface area contributed by atoms with Crippen LogP contribution in [0.1, 0.15) is 18.9 Å². The van der Waals surface area contributed by atoms with E-state index in [1.807, 2.05) is 38.2 Å². The first-order chi connectivity index (χ1) is 10.5. The van der Waals surface area contributed by atoms with Crippen molar-refractivity contribution in [2.75, 3.05) is 6.54 Å². The minimum atomic E-state index is -0.594. The van der Waals surface area contributed by atoms with Gasteiger partial charge in [0.2, 0.25) is 11.8 Å². The average molecular weight is 301 g/mol. The smallest absolute Gasteiger partial charge is 0.243 e. The Kier molecular flexibility index (Phi) is 5.58. The molecule has 2 N–H and O–H groups in total. The number of oxime groups is 1. The van der Waals surface area contributed by atoms with Crippen LogP contribution in [0.3, 0.4) is 0 Å². The molecule has 0 saturated carbocycles. The molecule has 0 radical (unpaired) electrons. The number of carbonyl (C=O) groups excluding carboxylic acids is 2. The van der Waals surface area contributed by atoms with Gasteiger partial charge in [-0.25, -0.2) is 0 Å². The van der Waals surface area contributed by atoms with Crippen molar-refractivity contribution in [2.24, 2.45) is 5.16 Å². The SMILES string of the molecule is BC1=NOC(CNC(=O)[C@H](Cc2ccccc2)NC(C)=O)C1. The summed E-state index contributed by atoms with van der Waals surface area (Å²) in [5, 5.41) is 9.36. The summed E-state index contributed by atoms with van der Waals surface area (Å²) < 4.78 is 0. The molecule has 22 heavy (non-hydrogen) atoms. The van der Waals surface area contributed by atoms with E-state index in [9.17, 15) is 9.59 Å². The van der Waals surface area contributed by atoms with Crippen LogP contribution in [-0.2, 0) is 20.8 Å². The Balaban J connectivity index is 1.90. The molecule has 0 fully saturated rings. The molecule has 0 saturated heterocycles. The molecule has 0 bridgehead atoms. The minimum Gasteiger partial charge on any atom is -0.391 e. The van der Waals surface area contributed by atoms with E-state index in [2.05, 4.69) is 15.8 Å². The third kappa shape index (κ3) is 4.91. The number of amides is 2. The van der Waals surface area contributed by atoms with Gasteiger partial charge in [0, 0.05) is 25.4 Å². The summed E-state index contributed by atoms with van der Waals surface area (Å²) >= 11 is 0. The number of benzene rings is 1. The maximum Gasteiger partial charge on any atom is 0.243 e.